The normalized spacial score (nSPS) is 17.2. The van der Waals surface area contributed by atoms with E-state index >= 15 is 0 Å². The number of urea groups is 1. The first-order valence-corrected chi connectivity index (χ1v) is 12.3. The van der Waals surface area contributed by atoms with Crippen LogP contribution in [-0.4, -0.2) is 64.9 Å². The molecule has 0 bridgehead atoms. The van der Waals surface area contributed by atoms with Crippen LogP contribution in [0.5, 0.6) is 0 Å². The van der Waals surface area contributed by atoms with Gasteiger partial charge in [-0.05, 0) is 56.1 Å². The van der Waals surface area contributed by atoms with E-state index in [1.54, 1.807) is 23.9 Å². The second-order valence-corrected chi connectivity index (χ2v) is 10.7. The molecule has 1 aromatic carbocycles. The molecule has 3 amide bonds. The summed E-state index contributed by atoms with van der Waals surface area (Å²) in [6.07, 6.45) is -1.71. The second kappa shape index (κ2) is 9.00. The van der Waals surface area contributed by atoms with Gasteiger partial charge in [0.1, 0.15) is 12.0 Å². The molecule has 2 N–H and O–H groups in total. The Balaban J connectivity index is 1.13. The Kier molecular flexibility index (Phi) is 6.11. The van der Waals surface area contributed by atoms with Crippen molar-refractivity contribution in [3.05, 3.63) is 52.8 Å². The van der Waals surface area contributed by atoms with Gasteiger partial charge in [0.15, 0.2) is 0 Å². The van der Waals surface area contributed by atoms with Crippen molar-refractivity contribution in [2.45, 2.75) is 31.6 Å². The number of halogens is 3. The maximum Gasteiger partial charge on any atom is 0.416 e. The molecule has 2 fully saturated rings. The van der Waals surface area contributed by atoms with E-state index in [9.17, 15) is 22.8 Å². The highest BCUT2D eigenvalue weighted by Gasteiger charge is 2.54. The number of aromatic nitrogens is 2. The number of anilines is 1. The summed E-state index contributed by atoms with van der Waals surface area (Å²) in [5.41, 5.74) is 0.591. The minimum atomic E-state index is -4.52. The summed E-state index contributed by atoms with van der Waals surface area (Å²) in [7, 11) is 3.39. The third-order valence-corrected chi connectivity index (χ3v) is 7.55. The van der Waals surface area contributed by atoms with E-state index in [0.29, 0.717) is 31.6 Å². The van der Waals surface area contributed by atoms with Gasteiger partial charge in [-0.2, -0.15) is 13.2 Å². The number of hydrogen-bond acceptors (Lipinski definition) is 6. The lowest BCUT2D eigenvalue weighted by atomic mass is 9.60. The van der Waals surface area contributed by atoms with Crippen LogP contribution in [0.3, 0.4) is 0 Å². The molecule has 1 saturated heterocycles. The molecular weight excluding hydrogens is 493 g/mol. The van der Waals surface area contributed by atoms with Crippen molar-refractivity contribution in [3.8, 4) is 0 Å². The van der Waals surface area contributed by atoms with Gasteiger partial charge in [0.05, 0.1) is 15.8 Å². The fraction of sp³-hybridized carbons (Fsp3) is 0.417. The average molecular weight is 519 g/mol. The van der Waals surface area contributed by atoms with Crippen molar-refractivity contribution < 1.29 is 22.8 Å². The molecule has 190 valence electrons. The van der Waals surface area contributed by atoms with Crippen LogP contribution in [0, 0.1) is 5.41 Å². The van der Waals surface area contributed by atoms with Crippen LogP contribution in [0.2, 0.25) is 0 Å². The Morgan fingerprint density at radius 3 is 2.64 bits per heavy atom. The molecule has 8 nitrogen and oxygen atoms in total. The maximum atomic E-state index is 13.5. The Labute approximate surface area is 209 Å². The van der Waals surface area contributed by atoms with Crippen molar-refractivity contribution in [2.24, 2.45) is 5.41 Å². The summed E-state index contributed by atoms with van der Waals surface area (Å²) in [6.45, 7) is 1.32. The molecule has 1 saturated carbocycles. The lowest BCUT2D eigenvalue weighted by Crippen LogP contribution is -2.67. The van der Waals surface area contributed by atoms with Crippen molar-refractivity contribution in [3.63, 3.8) is 0 Å². The van der Waals surface area contributed by atoms with Crippen LogP contribution >= 0.6 is 11.3 Å². The zero-order chi connectivity index (χ0) is 25.7. The van der Waals surface area contributed by atoms with E-state index in [0.717, 1.165) is 16.3 Å². The first-order valence-electron chi connectivity index (χ1n) is 11.4. The Morgan fingerprint density at radius 1 is 1.19 bits per heavy atom. The van der Waals surface area contributed by atoms with Crippen LogP contribution < -0.4 is 10.6 Å². The van der Waals surface area contributed by atoms with Gasteiger partial charge in [0, 0.05) is 36.8 Å². The summed E-state index contributed by atoms with van der Waals surface area (Å²) >= 11 is 1.44. The van der Waals surface area contributed by atoms with Crippen LogP contribution in [0.15, 0.2) is 36.0 Å². The minimum Gasteiger partial charge on any atom is -0.336 e. The van der Waals surface area contributed by atoms with Gasteiger partial charge in [-0.1, -0.05) is 6.07 Å². The molecule has 36 heavy (non-hydrogen) atoms. The number of carbonyl (C=O) groups excluding carboxylic acids is 2. The SMILES string of the molecule is CN(C)Cc1ccc(NC(=O)NC2CC3(C2)CN(C(=O)c2ncnc4ccsc24)C3)cc1C(F)(F)F. The van der Waals surface area contributed by atoms with Gasteiger partial charge < -0.3 is 20.4 Å². The van der Waals surface area contributed by atoms with Crippen LogP contribution in [0.25, 0.3) is 10.2 Å². The van der Waals surface area contributed by atoms with Gasteiger partial charge in [-0.15, -0.1) is 11.3 Å². The molecule has 1 aliphatic carbocycles. The lowest BCUT2D eigenvalue weighted by molar-refractivity contribution is -0.138. The second-order valence-electron chi connectivity index (χ2n) is 9.83. The molecule has 3 heterocycles. The number of benzene rings is 1. The van der Waals surface area contributed by atoms with E-state index in [1.165, 1.54) is 29.8 Å². The van der Waals surface area contributed by atoms with E-state index in [1.807, 2.05) is 11.4 Å². The summed E-state index contributed by atoms with van der Waals surface area (Å²) in [4.78, 5) is 37.1. The Bertz CT molecular complexity index is 1310. The molecule has 0 atom stereocenters. The zero-order valence-electron chi connectivity index (χ0n) is 19.7. The van der Waals surface area contributed by atoms with Gasteiger partial charge in [0.2, 0.25) is 0 Å². The molecule has 12 heteroatoms. The average Bonchev–Trinajstić information content (AvgIpc) is 3.23. The maximum absolute atomic E-state index is 13.5. The number of rotatable bonds is 5. The molecule has 1 spiro atoms. The van der Waals surface area contributed by atoms with Crippen molar-refractivity contribution in [2.75, 3.05) is 32.5 Å². The highest BCUT2D eigenvalue weighted by atomic mass is 32.1. The number of fused-ring (bicyclic) bond motifs is 1. The fourth-order valence-electron chi connectivity index (χ4n) is 5.09. The number of alkyl halides is 3. The number of nitrogens with zero attached hydrogens (tertiary/aromatic N) is 4. The largest absolute Gasteiger partial charge is 0.416 e. The molecule has 1 aliphatic heterocycles. The molecule has 0 unspecified atom stereocenters. The third-order valence-electron chi connectivity index (χ3n) is 6.64. The van der Waals surface area contributed by atoms with E-state index < -0.39 is 17.8 Å². The van der Waals surface area contributed by atoms with Crippen LogP contribution in [-0.2, 0) is 12.7 Å². The van der Waals surface area contributed by atoms with Crippen LogP contribution in [0.4, 0.5) is 23.7 Å². The fourth-order valence-corrected chi connectivity index (χ4v) is 5.92. The van der Waals surface area contributed by atoms with Gasteiger partial charge in [-0.25, -0.2) is 14.8 Å². The first-order chi connectivity index (χ1) is 17.0. The minimum absolute atomic E-state index is 0.0352. The lowest BCUT2D eigenvalue weighted by Gasteiger charge is -2.58. The van der Waals surface area contributed by atoms with Gasteiger partial charge in [-0.3, -0.25) is 4.79 Å². The molecular formula is C24H25F3N6O2S. The predicted octanol–water partition coefficient (Wildman–Crippen LogP) is 4.20. The van der Waals surface area contributed by atoms with E-state index in [2.05, 4.69) is 20.6 Å². The molecule has 0 radical (unpaired) electrons. The summed E-state index contributed by atoms with van der Waals surface area (Å²) in [6, 6.07) is 5.04. The molecule has 2 aromatic heterocycles. The van der Waals surface area contributed by atoms with Gasteiger partial charge >= 0.3 is 12.2 Å². The number of carbonyl (C=O) groups is 2. The predicted molar refractivity (Wildman–Crippen MR) is 130 cm³/mol. The standard InChI is InChI=1S/C24H25F3N6O2S/c1-32(2)10-14-3-4-15(7-17(14)24(25,26)27)30-22(35)31-16-8-23(9-16)11-33(12-23)21(34)19-20-18(5-6-36-20)28-13-29-19/h3-7,13,16H,8-12H2,1-2H3,(H2,30,31,35). The molecule has 5 rings (SSSR count). The molecule has 3 aromatic rings. The number of hydrogen-bond donors (Lipinski definition) is 2. The number of nitrogens with one attached hydrogen (secondary N) is 2. The Morgan fingerprint density at radius 2 is 1.94 bits per heavy atom. The Hall–Kier alpha value is -3.25. The summed E-state index contributed by atoms with van der Waals surface area (Å²) < 4.78 is 41.3. The number of amides is 3. The molecule has 2 aliphatic rings. The van der Waals surface area contributed by atoms with E-state index in [4.69, 9.17) is 0 Å². The quantitative estimate of drug-likeness (QED) is 0.529. The highest BCUT2D eigenvalue weighted by molar-refractivity contribution is 7.17. The van der Waals surface area contributed by atoms with Crippen LogP contribution in [0.1, 0.15) is 34.5 Å². The summed E-state index contributed by atoms with van der Waals surface area (Å²) in [5, 5.41) is 7.23. The summed E-state index contributed by atoms with van der Waals surface area (Å²) in [5.74, 6) is -0.122. The monoisotopic (exact) mass is 518 g/mol. The highest BCUT2D eigenvalue weighted by Crippen LogP contribution is 2.49. The van der Waals surface area contributed by atoms with Crippen molar-refractivity contribution >= 4 is 39.2 Å². The van der Waals surface area contributed by atoms with Gasteiger partial charge in [0.25, 0.3) is 5.91 Å². The smallest absolute Gasteiger partial charge is 0.336 e. The topological polar surface area (TPSA) is 90.5 Å². The zero-order valence-corrected chi connectivity index (χ0v) is 20.5. The van der Waals surface area contributed by atoms with E-state index in [-0.39, 0.29) is 35.2 Å². The number of likely N-dealkylation sites (tertiary alicyclic amines) is 1. The third kappa shape index (κ3) is 4.74. The van der Waals surface area contributed by atoms with Crippen molar-refractivity contribution in [1.82, 2.24) is 25.1 Å². The van der Waals surface area contributed by atoms with Crippen molar-refractivity contribution in [1.29, 1.82) is 0 Å². The first kappa shape index (κ1) is 24.4. The number of thiophene rings is 1.